The zero-order chi connectivity index (χ0) is 12.3. The van der Waals surface area contributed by atoms with Crippen LogP contribution in [0.2, 0.25) is 0 Å². The number of rotatable bonds is 8. The fraction of sp³-hybridized carbons (Fsp3) is 0.357. The summed E-state index contributed by atoms with van der Waals surface area (Å²) in [7, 11) is 0. The SMILES string of the molecule is O=C(O)/C=C/CCCCOCc1ccccc1. The number of allylic oxidation sites excluding steroid dienone is 1. The standard InChI is InChI=1S/C14H18O3/c15-14(16)10-6-1-2-7-11-17-12-13-8-4-3-5-9-13/h3-6,8-10H,1-2,7,11-12H2,(H,15,16)/b10-6+. The van der Waals surface area contributed by atoms with Crippen molar-refractivity contribution in [3.8, 4) is 0 Å². The fourth-order valence-electron chi connectivity index (χ4n) is 1.41. The lowest BCUT2D eigenvalue weighted by atomic mass is 10.2. The largest absolute Gasteiger partial charge is 0.478 e. The van der Waals surface area contributed by atoms with Crippen LogP contribution in [0.4, 0.5) is 0 Å². The van der Waals surface area contributed by atoms with E-state index in [2.05, 4.69) is 0 Å². The summed E-state index contributed by atoms with van der Waals surface area (Å²) in [5, 5.41) is 8.37. The van der Waals surface area contributed by atoms with E-state index in [0.717, 1.165) is 25.9 Å². The van der Waals surface area contributed by atoms with E-state index >= 15 is 0 Å². The van der Waals surface area contributed by atoms with Crippen molar-refractivity contribution in [2.75, 3.05) is 6.61 Å². The van der Waals surface area contributed by atoms with Gasteiger partial charge in [-0.3, -0.25) is 0 Å². The summed E-state index contributed by atoms with van der Waals surface area (Å²) in [6.45, 7) is 1.36. The summed E-state index contributed by atoms with van der Waals surface area (Å²) in [6.07, 6.45) is 5.57. The minimum atomic E-state index is -0.884. The smallest absolute Gasteiger partial charge is 0.327 e. The second-order valence-electron chi connectivity index (χ2n) is 3.77. The maximum atomic E-state index is 10.2. The summed E-state index contributed by atoms with van der Waals surface area (Å²) in [5.74, 6) is -0.884. The number of hydrogen-bond acceptors (Lipinski definition) is 2. The van der Waals surface area contributed by atoms with Crippen molar-refractivity contribution < 1.29 is 14.6 Å². The molecule has 0 aromatic heterocycles. The van der Waals surface area contributed by atoms with Gasteiger partial charge in [0.1, 0.15) is 0 Å². The Kier molecular flexibility index (Phi) is 6.75. The van der Waals surface area contributed by atoms with Crippen LogP contribution in [0.1, 0.15) is 24.8 Å². The number of hydrogen-bond donors (Lipinski definition) is 1. The van der Waals surface area contributed by atoms with Gasteiger partial charge in [0.05, 0.1) is 6.61 Å². The van der Waals surface area contributed by atoms with Crippen LogP contribution in [0, 0.1) is 0 Å². The molecular weight excluding hydrogens is 216 g/mol. The second kappa shape index (κ2) is 8.53. The highest BCUT2D eigenvalue weighted by Gasteiger charge is 1.92. The van der Waals surface area contributed by atoms with E-state index in [4.69, 9.17) is 9.84 Å². The van der Waals surface area contributed by atoms with E-state index in [-0.39, 0.29) is 0 Å². The molecule has 0 aliphatic carbocycles. The highest BCUT2D eigenvalue weighted by atomic mass is 16.5. The average Bonchev–Trinajstić information content (AvgIpc) is 2.33. The van der Waals surface area contributed by atoms with Crippen molar-refractivity contribution in [3.05, 3.63) is 48.0 Å². The lowest BCUT2D eigenvalue weighted by molar-refractivity contribution is -0.131. The van der Waals surface area contributed by atoms with Gasteiger partial charge in [0.2, 0.25) is 0 Å². The first-order valence-electron chi connectivity index (χ1n) is 5.80. The van der Waals surface area contributed by atoms with Crippen LogP contribution >= 0.6 is 0 Å². The molecule has 0 aliphatic rings. The summed E-state index contributed by atoms with van der Waals surface area (Å²) in [4.78, 5) is 10.2. The average molecular weight is 234 g/mol. The number of carbonyl (C=O) groups is 1. The van der Waals surface area contributed by atoms with Crippen molar-refractivity contribution in [3.63, 3.8) is 0 Å². The number of ether oxygens (including phenoxy) is 1. The molecule has 1 rings (SSSR count). The number of benzene rings is 1. The predicted molar refractivity (Wildman–Crippen MR) is 66.7 cm³/mol. The number of carboxylic acids is 1. The highest BCUT2D eigenvalue weighted by molar-refractivity contribution is 5.79. The van der Waals surface area contributed by atoms with Crippen molar-refractivity contribution in [1.82, 2.24) is 0 Å². The minimum absolute atomic E-state index is 0.645. The van der Waals surface area contributed by atoms with Gasteiger partial charge in [-0.25, -0.2) is 4.79 Å². The first-order valence-corrected chi connectivity index (χ1v) is 5.80. The molecule has 1 aromatic rings. The van der Waals surface area contributed by atoms with Gasteiger partial charge >= 0.3 is 5.97 Å². The first-order chi connectivity index (χ1) is 8.29. The van der Waals surface area contributed by atoms with E-state index in [9.17, 15) is 4.79 Å². The molecule has 0 fully saturated rings. The molecule has 3 heteroatoms. The maximum absolute atomic E-state index is 10.2. The van der Waals surface area contributed by atoms with Gasteiger partial charge in [-0.1, -0.05) is 36.4 Å². The molecule has 92 valence electrons. The highest BCUT2D eigenvalue weighted by Crippen LogP contribution is 2.02. The quantitative estimate of drug-likeness (QED) is 0.555. The molecule has 0 atom stereocenters. The minimum Gasteiger partial charge on any atom is -0.478 e. The third-order valence-electron chi connectivity index (χ3n) is 2.28. The zero-order valence-electron chi connectivity index (χ0n) is 9.84. The second-order valence-corrected chi connectivity index (χ2v) is 3.77. The van der Waals surface area contributed by atoms with Crippen LogP contribution in [0.15, 0.2) is 42.5 Å². The molecule has 0 saturated carbocycles. The Morgan fingerprint density at radius 1 is 1.24 bits per heavy atom. The van der Waals surface area contributed by atoms with E-state index in [1.807, 2.05) is 30.3 Å². The molecule has 0 unspecified atom stereocenters. The van der Waals surface area contributed by atoms with Gasteiger partial charge in [-0.05, 0) is 24.8 Å². The molecule has 17 heavy (non-hydrogen) atoms. The number of unbranched alkanes of at least 4 members (excludes halogenated alkanes) is 2. The summed E-state index contributed by atoms with van der Waals surface area (Å²) >= 11 is 0. The van der Waals surface area contributed by atoms with Crippen LogP contribution in [0.3, 0.4) is 0 Å². The Morgan fingerprint density at radius 2 is 2.00 bits per heavy atom. The Balaban J connectivity index is 1.96. The summed E-state index contributed by atoms with van der Waals surface area (Å²) in [5.41, 5.74) is 1.18. The van der Waals surface area contributed by atoms with E-state index in [1.165, 1.54) is 11.6 Å². The van der Waals surface area contributed by atoms with Crippen molar-refractivity contribution in [2.24, 2.45) is 0 Å². The molecule has 3 nitrogen and oxygen atoms in total. The van der Waals surface area contributed by atoms with E-state index in [1.54, 1.807) is 6.08 Å². The van der Waals surface area contributed by atoms with Gasteiger partial charge in [0, 0.05) is 12.7 Å². The van der Waals surface area contributed by atoms with Crippen LogP contribution < -0.4 is 0 Å². The summed E-state index contributed by atoms with van der Waals surface area (Å²) < 4.78 is 5.51. The topological polar surface area (TPSA) is 46.5 Å². The molecule has 0 saturated heterocycles. The molecule has 1 aromatic carbocycles. The number of carboxylic acid groups (broad SMARTS) is 1. The van der Waals surface area contributed by atoms with Gasteiger partial charge in [-0.2, -0.15) is 0 Å². The lowest BCUT2D eigenvalue weighted by Gasteiger charge is -2.03. The molecule has 0 bridgehead atoms. The maximum Gasteiger partial charge on any atom is 0.327 e. The number of aliphatic carboxylic acids is 1. The molecule has 0 heterocycles. The van der Waals surface area contributed by atoms with Crippen LogP contribution in [-0.4, -0.2) is 17.7 Å². The molecule has 0 spiro atoms. The monoisotopic (exact) mass is 234 g/mol. The molecule has 0 aliphatic heterocycles. The third kappa shape index (κ3) is 7.30. The summed E-state index contributed by atoms with van der Waals surface area (Å²) in [6, 6.07) is 10.0. The van der Waals surface area contributed by atoms with E-state index < -0.39 is 5.97 Å². The van der Waals surface area contributed by atoms with Crippen molar-refractivity contribution in [2.45, 2.75) is 25.9 Å². The van der Waals surface area contributed by atoms with Crippen molar-refractivity contribution in [1.29, 1.82) is 0 Å². The molecule has 0 radical (unpaired) electrons. The Morgan fingerprint density at radius 3 is 2.71 bits per heavy atom. The molecule has 1 N–H and O–H groups in total. The Labute approximate surface area is 102 Å². The lowest BCUT2D eigenvalue weighted by Crippen LogP contribution is -1.95. The normalized spacial score (nSPS) is 10.8. The van der Waals surface area contributed by atoms with Gasteiger partial charge in [0.25, 0.3) is 0 Å². The van der Waals surface area contributed by atoms with Gasteiger partial charge in [0.15, 0.2) is 0 Å². The van der Waals surface area contributed by atoms with Crippen molar-refractivity contribution >= 4 is 5.97 Å². The zero-order valence-corrected chi connectivity index (χ0v) is 9.84. The predicted octanol–water partition coefficient (Wildman–Crippen LogP) is 3.01. The van der Waals surface area contributed by atoms with Crippen LogP contribution in [-0.2, 0) is 16.1 Å². The van der Waals surface area contributed by atoms with Gasteiger partial charge < -0.3 is 9.84 Å². The third-order valence-corrected chi connectivity index (χ3v) is 2.28. The Bertz CT molecular complexity index is 344. The van der Waals surface area contributed by atoms with E-state index in [0.29, 0.717) is 6.61 Å². The van der Waals surface area contributed by atoms with Crippen LogP contribution in [0.5, 0.6) is 0 Å². The molecular formula is C14H18O3. The van der Waals surface area contributed by atoms with Gasteiger partial charge in [-0.15, -0.1) is 0 Å². The Hall–Kier alpha value is -1.61. The molecule has 0 amide bonds. The fourth-order valence-corrected chi connectivity index (χ4v) is 1.41. The first kappa shape index (κ1) is 13.5. The van der Waals surface area contributed by atoms with Crippen LogP contribution in [0.25, 0.3) is 0 Å².